The summed E-state index contributed by atoms with van der Waals surface area (Å²) in [4.78, 5) is 11.8. The maximum absolute atomic E-state index is 11.8. The van der Waals surface area contributed by atoms with E-state index in [-0.39, 0.29) is 25.4 Å². The van der Waals surface area contributed by atoms with Gasteiger partial charge >= 0.3 is 6.09 Å². The molecule has 0 aliphatic carbocycles. The fraction of sp³-hybridized carbons (Fsp3) is 0.290. The molecule has 0 unspecified atom stereocenters. The van der Waals surface area contributed by atoms with E-state index in [1.807, 2.05) is 79.8 Å². The monoisotopic (exact) mass is 587 g/mol. The van der Waals surface area contributed by atoms with Gasteiger partial charge in [0.25, 0.3) is 0 Å². The molecule has 218 valence electrons. The van der Waals surface area contributed by atoms with E-state index in [9.17, 15) is 9.90 Å². The molecule has 0 spiro atoms. The van der Waals surface area contributed by atoms with E-state index in [0.717, 1.165) is 38.5 Å². The third-order valence-corrected chi connectivity index (χ3v) is 7.95. The number of nitrogens with one attached hydrogen (secondary N) is 1. The predicted molar refractivity (Wildman–Crippen MR) is 158 cm³/mol. The van der Waals surface area contributed by atoms with Crippen LogP contribution in [0.25, 0.3) is 11.1 Å². The van der Waals surface area contributed by atoms with E-state index in [2.05, 4.69) is 27.4 Å². The molecule has 5 rings (SSSR count). The number of amides is 1. The van der Waals surface area contributed by atoms with Gasteiger partial charge in [-0.3, -0.25) is 0 Å². The number of aliphatic hydroxyl groups excluding tert-OH is 1. The Morgan fingerprint density at radius 1 is 1.10 bits per heavy atom. The van der Waals surface area contributed by atoms with Crippen LogP contribution in [-0.4, -0.2) is 49.9 Å². The van der Waals surface area contributed by atoms with Crippen LogP contribution in [0.3, 0.4) is 0 Å². The Morgan fingerprint density at radius 2 is 1.88 bits per heavy atom. The van der Waals surface area contributed by atoms with Gasteiger partial charge in [-0.1, -0.05) is 91.1 Å². The van der Waals surface area contributed by atoms with Crippen molar-refractivity contribution in [2.45, 2.75) is 43.2 Å². The molecule has 42 heavy (non-hydrogen) atoms. The number of aryl methyl sites for hydroxylation is 1. The number of aliphatic hydroxyl groups is 1. The first-order valence-corrected chi connectivity index (χ1v) is 14.6. The van der Waals surface area contributed by atoms with E-state index in [1.165, 1.54) is 6.08 Å². The lowest BCUT2D eigenvalue weighted by Gasteiger charge is -2.36. The number of hydrogen-bond acceptors (Lipinski definition) is 9. The van der Waals surface area contributed by atoms with Crippen molar-refractivity contribution < 1.29 is 24.1 Å². The maximum atomic E-state index is 11.8. The summed E-state index contributed by atoms with van der Waals surface area (Å²) in [5.41, 5.74) is 5.81. The Hall–Kier alpha value is -4.03. The Kier molecular flexibility index (Phi) is 9.98. The summed E-state index contributed by atoms with van der Waals surface area (Å²) >= 11 is 1.55. The molecule has 1 aliphatic heterocycles. The molecule has 0 radical (unpaired) electrons. The summed E-state index contributed by atoms with van der Waals surface area (Å²) in [5, 5.41) is 24.6. The zero-order valence-electron chi connectivity index (χ0n) is 23.3. The molecule has 1 aromatic heterocycles. The zero-order valence-corrected chi connectivity index (χ0v) is 24.1. The maximum Gasteiger partial charge on any atom is 0.407 e. The highest BCUT2D eigenvalue weighted by Crippen LogP contribution is 2.39. The van der Waals surface area contributed by atoms with Crippen molar-refractivity contribution in [1.29, 1.82) is 0 Å². The Bertz CT molecular complexity index is 1480. The van der Waals surface area contributed by atoms with E-state index < -0.39 is 12.4 Å². The van der Waals surface area contributed by atoms with Gasteiger partial charge < -0.3 is 24.6 Å². The Labute approximate surface area is 248 Å². The topological polar surface area (TPSA) is 121 Å². The lowest BCUT2D eigenvalue weighted by atomic mass is 9.99. The van der Waals surface area contributed by atoms with Crippen LogP contribution in [0.15, 0.2) is 90.6 Å². The molecule has 0 saturated carbocycles. The van der Waals surface area contributed by atoms with Crippen LogP contribution in [0, 0.1) is 0 Å². The van der Waals surface area contributed by atoms with Crippen molar-refractivity contribution in [3.63, 3.8) is 0 Å². The fourth-order valence-electron chi connectivity index (χ4n) is 4.59. The van der Waals surface area contributed by atoms with Crippen molar-refractivity contribution >= 4 is 17.9 Å². The minimum atomic E-state index is -0.560. The number of hydrogen-bond donors (Lipinski definition) is 2. The molecule has 2 heterocycles. The summed E-state index contributed by atoms with van der Waals surface area (Å²) < 4.78 is 19.5. The Balaban J connectivity index is 1.29. The number of nitrogens with zero attached hydrogens (tertiary/aromatic N) is 4. The Morgan fingerprint density at radius 3 is 2.60 bits per heavy atom. The van der Waals surface area contributed by atoms with E-state index >= 15 is 0 Å². The number of thioether (sulfide) groups is 1. The number of alkyl carbamates (subject to hydrolysis) is 1. The molecule has 10 nitrogen and oxygen atoms in total. The standard InChI is InChI=1S/C31H33N5O5S/c1-3-15-39-31(38)32-18-22-5-4-6-26(16-22)23-11-13-25(14-12-23)29-40-27(20-42-30-33-34-35-36(30)2)17-28(41-29)24-9-7-21(19-37)8-10-24/h3-14,16,27-29,37H,1,15,17-20H2,2H3,(H,32,38)/t27-,28+,29+/m1/s1. The lowest BCUT2D eigenvalue weighted by Crippen LogP contribution is -2.31. The van der Waals surface area contributed by atoms with Gasteiger partial charge in [0.2, 0.25) is 5.16 Å². The number of carbonyl (C=O) groups is 1. The number of carbonyl (C=O) groups excluding carboxylic acids is 1. The smallest absolute Gasteiger partial charge is 0.407 e. The zero-order chi connectivity index (χ0) is 29.3. The van der Waals surface area contributed by atoms with Crippen LogP contribution in [-0.2, 0) is 34.4 Å². The van der Waals surface area contributed by atoms with Gasteiger partial charge in [0.1, 0.15) is 6.61 Å². The molecule has 1 aliphatic rings. The lowest BCUT2D eigenvalue weighted by molar-refractivity contribution is -0.245. The van der Waals surface area contributed by atoms with Gasteiger partial charge in [0.15, 0.2) is 6.29 Å². The summed E-state index contributed by atoms with van der Waals surface area (Å²) in [6.45, 7) is 4.07. The SMILES string of the molecule is C=CCOC(=O)NCc1cccc(-c2ccc([C@H]3O[C@@H](CSc4nnnn4C)C[C@@H](c4ccc(CO)cc4)O3)cc2)c1. The first-order chi connectivity index (χ1) is 20.5. The normalized spacial score (nSPS) is 18.4. The average molecular weight is 588 g/mol. The highest BCUT2D eigenvalue weighted by Gasteiger charge is 2.32. The van der Waals surface area contributed by atoms with Crippen LogP contribution < -0.4 is 5.32 Å². The van der Waals surface area contributed by atoms with Gasteiger partial charge in [0, 0.05) is 31.3 Å². The number of aromatic nitrogens is 4. The highest BCUT2D eigenvalue weighted by molar-refractivity contribution is 7.99. The van der Waals surface area contributed by atoms with Crippen LogP contribution in [0.5, 0.6) is 0 Å². The van der Waals surface area contributed by atoms with Crippen molar-refractivity contribution in [2.24, 2.45) is 7.05 Å². The second-order valence-corrected chi connectivity index (χ2v) is 10.8. The van der Waals surface area contributed by atoms with Crippen molar-refractivity contribution in [3.05, 3.63) is 108 Å². The largest absolute Gasteiger partial charge is 0.445 e. The first kappa shape index (κ1) is 29.5. The number of tetrazole rings is 1. The molecule has 1 amide bonds. The van der Waals surface area contributed by atoms with Gasteiger partial charge in [0.05, 0.1) is 18.8 Å². The van der Waals surface area contributed by atoms with Gasteiger partial charge in [-0.25, -0.2) is 9.48 Å². The van der Waals surface area contributed by atoms with Gasteiger partial charge in [-0.2, -0.15) is 0 Å². The van der Waals surface area contributed by atoms with Crippen LogP contribution in [0.2, 0.25) is 0 Å². The third-order valence-electron chi connectivity index (χ3n) is 6.81. The predicted octanol–water partition coefficient (Wildman–Crippen LogP) is 5.12. The minimum Gasteiger partial charge on any atom is -0.445 e. The second kappa shape index (κ2) is 14.2. The molecular weight excluding hydrogens is 554 g/mol. The highest BCUT2D eigenvalue weighted by atomic mass is 32.2. The van der Waals surface area contributed by atoms with E-state index in [0.29, 0.717) is 18.7 Å². The summed E-state index contributed by atoms with van der Waals surface area (Å²) in [6, 6.07) is 23.9. The van der Waals surface area contributed by atoms with E-state index in [1.54, 1.807) is 16.4 Å². The third kappa shape index (κ3) is 7.62. The number of benzene rings is 3. The molecule has 1 fully saturated rings. The quantitative estimate of drug-likeness (QED) is 0.182. The minimum absolute atomic E-state index is 0.00339. The van der Waals surface area contributed by atoms with Crippen molar-refractivity contribution in [1.82, 2.24) is 25.5 Å². The average Bonchev–Trinajstić information content (AvgIpc) is 3.46. The first-order valence-electron chi connectivity index (χ1n) is 13.6. The van der Waals surface area contributed by atoms with Crippen LogP contribution >= 0.6 is 11.8 Å². The number of ether oxygens (including phenoxy) is 3. The molecule has 1 saturated heterocycles. The molecule has 2 N–H and O–H groups in total. The van der Waals surface area contributed by atoms with Crippen LogP contribution in [0.1, 0.15) is 41.1 Å². The molecule has 0 bridgehead atoms. The summed E-state index contributed by atoms with van der Waals surface area (Å²) in [6.07, 6.45) is 0.879. The molecule has 11 heteroatoms. The second-order valence-electron chi connectivity index (χ2n) is 9.81. The van der Waals surface area contributed by atoms with Crippen LogP contribution in [0.4, 0.5) is 4.79 Å². The number of rotatable bonds is 11. The fourth-order valence-corrected chi connectivity index (χ4v) is 5.45. The molecule has 4 aromatic rings. The van der Waals surface area contributed by atoms with Gasteiger partial charge in [-0.05, 0) is 44.3 Å². The van der Waals surface area contributed by atoms with Crippen molar-refractivity contribution in [3.8, 4) is 11.1 Å². The molecule has 3 atom stereocenters. The van der Waals surface area contributed by atoms with Crippen molar-refractivity contribution in [2.75, 3.05) is 12.4 Å². The summed E-state index contributed by atoms with van der Waals surface area (Å²) in [7, 11) is 1.81. The molecular formula is C31H33N5O5S. The summed E-state index contributed by atoms with van der Waals surface area (Å²) in [5.74, 6) is 0.666. The van der Waals surface area contributed by atoms with Gasteiger partial charge in [-0.15, -0.1) is 5.10 Å². The molecule has 3 aromatic carbocycles. The van der Waals surface area contributed by atoms with E-state index in [4.69, 9.17) is 14.2 Å².